The maximum absolute atomic E-state index is 13.8. The van der Waals surface area contributed by atoms with Crippen LogP contribution in [0.3, 0.4) is 0 Å². The first-order valence-corrected chi connectivity index (χ1v) is 12.9. The van der Waals surface area contributed by atoms with E-state index in [9.17, 15) is 14.2 Å². The van der Waals surface area contributed by atoms with Crippen LogP contribution in [0.15, 0.2) is 84.9 Å². The second kappa shape index (κ2) is 10.3. The summed E-state index contributed by atoms with van der Waals surface area (Å²) >= 11 is 0. The Kier molecular flexibility index (Phi) is 7.23. The van der Waals surface area contributed by atoms with Crippen molar-refractivity contribution in [2.24, 2.45) is 0 Å². The van der Waals surface area contributed by atoms with E-state index in [0.29, 0.717) is 33.3 Å². The number of ketones is 1. The Morgan fingerprint density at radius 1 is 0.765 bits per heavy atom. The zero-order valence-corrected chi connectivity index (χ0v) is 20.0. The van der Waals surface area contributed by atoms with Crippen LogP contribution in [0.5, 0.6) is 0 Å². The predicted molar refractivity (Wildman–Crippen MR) is 133 cm³/mol. The van der Waals surface area contributed by atoms with Crippen LogP contribution in [-0.2, 0) is 19.8 Å². The standard InChI is InChI=1S/C27H26NO5P/c1-3-32-34(31,33-4-2)19-24-25(26(29)20-13-7-5-8-14-20)22-17-11-12-18-23(22)28(24)27(30)21-15-9-6-10-16-21/h5-18H,3-4,19H2,1-2H3. The van der Waals surface area contributed by atoms with Crippen LogP contribution in [0.1, 0.15) is 45.8 Å². The zero-order valence-electron chi connectivity index (χ0n) is 19.1. The van der Waals surface area contributed by atoms with Crippen LogP contribution in [0.2, 0.25) is 0 Å². The summed E-state index contributed by atoms with van der Waals surface area (Å²) in [5.41, 5.74) is 2.12. The van der Waals surface area contributed by atoms with Crippen molar-refractivity contribution < 1.29 is 23.2 Å². The molecule has 174 valence electrons. The highest BCUT2D eigenvalue weighted by molar-refractivity contribution is 7.53. The van der Waals surface area contributed by atoms with E-state index >= 15 is 0 Å². The highest BCUT2D eigenvalue weighted by Gasteiger charge is 2.33. The Morgan fingerprint density at radius 2 is 1.29 bits per heavy atom. The van der Waals surface area contributed by atoms with Crippen LogP contribution < -0.4 is 0 Å². The minimum atomic E-state index is -3.64. The molecular formula is C27H26NO5P. The van der Waals surface area contributed by atoms with E-state index in [0.717, 1.165) is 0 Å². The lowest BCUT2D eigenvalue weighted by Gasteiger charge is -2.19. The van der Waals surface area contributed by atoms with Gasteiger partial charge in [-0.25, -0.2) is 0 Å². The summed E-state index contributed by atoms with van der Waals surface area (Å²) in [5.74, 6) is -0.579. The van der Waals surface area contributed by atoms with E-state index in [2.05, 4.69) is 0 Å². The van der Waals surface area contributed by atoms with Gasteiger partial charge < -0.3 is 9.05 Å². The van der Waals surface area contributed by atoms with Gasteiger partial charge in [0.25, 0.3) is 5.91 Å². The Hall–Kier alpha value is -3.31. The third kappa shape index (κ3) is 4.66. The third-order valence-corrected chi connectivity index (χ3v) is 7.44. The van der Waals surface area contributed by atoms with Gasteiger partial charge >= 0.3 is 7.60 Å². The molecule has 0 radical (unpaired) electrons. The number of benzene rings is 3. The van der Waals surface area contributed by atoms with E-state index in [1.165, 1.54) is 4.57 Å². The van der Waals surface area contributed by atoms with Gasteiger partial charge in [-0.05, 0) is 32.0 Å². The molecule has 7 heteroatoms. The minimum absolute atomic E-state index is 0.173. The first-order chi connectivity index (χ1) is 16.5. The van der Waals surface area contributed by atoms with Gasteiger partial charge in [-0.3, -0.25) is 18.7 Å². The van der Waals surface area contributed by atoms with Crippen molar-refractivity contribution in [2.75, 3.05) is 13.2 Å². The molecule has 0 aliphatic carbocycles. The van der Waals surface area contributed by atoms with Crippen molar-refractivity contribution in [3.05, 3.63) is 107 Å². The van der Waals surface area contributed by atoms with Crippen molar-refractivity contribution in [1.29, 1.82) is 0 Å². The van der Waals surface area contributed by atoms with Crippen LogP contribution in [-0.4, -0.2) is 29.5 Å². The molecule has 1 heterocycles. The molecule has 0 atom stereocenters. The van der Waals surface area contributed by atoms with Crippen molar-refractivity contribution in [2.45, 2.75) is 20.0 Å². The Bertz CT molecular complexity index is 1260. The van der Waals surface area contributed by atoms with E-state index in [4.69, 9.17) is 9.05 Å². The molecule has 4 aromatic rings. The summed E-state index contributed by atoms with van der Waals surface area (Å²) < 4.78 is 26.2. The normalized spacial score (nSPS) is 11.6. The molecule has 0 N–H and O–H groups in total. The lowest BCUT2D eigenvalue weighted by molar-refractivity contribution is 0.0962. The van der Waals surface area contributed by atoms with Gasteiger partial charge in [0, 0.05) is 16.5 Å². The molecule has 3 aromatic carbocycles. The van der Waals surface area contributed by atoms with Crippen LogP contribution in [0.25, 0.3) is 10.9 Å². The molecule has 0 fully saturated rings. The fraction of sp³-hybridized carbons (Fsp3) is 0.185. The first-order valence-electron chi connectivity index (χ1n) is 11.2. The summed E-state index contributed by atoms with van der Waals surface area (Å²) in [4.78, 5) is 27.5. The van der Waals surface area contributed by atoms with Gasteiger partial charge in [0.05, 0.1) is 36.1 Å². The molecule has 6 nitrogen and oxygen atoms in total. The number of aromatic nitrogens is 1. The van der Waals surface area contributed by atoms with Crippen molar-refractivity contribution in [3.8, 4) is 0 Å². The van der Waals surface area contributed by atoms with Crippen molar-refractivity contribution in [1.82, 2.24) is 4.57 Å². The lowest BCUT2D eigenvalue weighted by Crippen LogP contribution is -2.17. The Labute approximate surface area is 198 Å². The van der Waals surface area contributed by atoms with Gasteiger partial charge in [0.15, 0.2) is 5.78 Å². The number of hydrogen-bond donors (Lipinski definition) is 0. The Balaban J connectivity index is 2.01. The number of fused-ring (bicyclic) bond motifs is 1. The molecule has 0 spiro atoms. The first kappa shape index (κ1) is 23.8. The molecule has 0 aliphatic heterocycles. The summed E-state index contributed by atoms with van der Waals surface area (Å²) in [5, 5.41) is 0.607. The summed E-state index contributed by atoms with van der Waals surface area (Å²) in [6.45, 7) is 3.80. The third-order valence-electron chi connectivity index (χ3n) is 5.45. The van der Waals surface area contributed by atoms with E-state index < -0.39 is 7.60 Å². The maximum atomic E-state index is 13.8. The maximum Gasteiger partial charge on any atom is 0.336 e. The molecule has 0 amide bonds. The lowest BCUT2D eigenvalue weighted by atomic mass is 10.0. The van der Waals surface area contributed by atoms with Gasteiger partial charge in [0.2, 0.25) is 0 Å². The SMILES string of the molecule is CCOP(=O)(Cc1c(C(=O)c2ccccc2)c2ccccc2n1C(=O)c1ccccc1)OCC. The van der Waals surface area contributed by atoms with Gasteiger partial charge in [-0.1, -0.05) is 66.7 Å². The van der Waals surface area contributed by atoms with Crippen molar-refractivity contribution >= 4 is 30.2 Å². The van der Waals surface area contributed by atoms with E-state index in [1.54, 1.807) is 74.5 Å². The second-order valence-electron chi connectivity index (χ2n) is 7.65. The minimum Gasteiger partial charge on any atom is -0.309 e. The zero-order chi connectivity index (χ0) is 24.1. The molecular weight excluding hydrogens is 449 g/mol. The number of nitrogens with zero attached hydrogens (tertiary/aromatic N) is 1. The molecule has 34 heavy (non-hydrogen) atoms. The number of carbonyl (C=O) groups is 2. The number of hydrogen-bond acceptors (Lipinski definition) is 5. The second-order valence-corrected chi connectivity index (χ2v) is 9.70. The predicted octanol–water partition coefficient (Wildman–Crippen LogP) is 6.33. The average molecular weight is 475 g/mol. The molecule has 4 rings (SSSR count). The highest BCUT2D eigenvalue weighted by atomic mass is 31.2. The molecule has 0 saturated carbocycles. The largest absolute Gasteiger partial charge is 0.336 e. The molecule has 0 aliphatic rings. The number of para-hydroxylation sites is 1. The summed E-state index contributed by atoms with van der Waals surface area (Å²) in [6, 6.07) is 24.9. The van der Waals surface area contributed by atoms with Gasteiger partial charge in [0.1, 0.15) is 0 Å². The Morgan fingerprint density at radius 3 is 1.88 bits per heavy atom. The molecule has 1 aromatic heterocycles. The molecule has 0 saturated heterocycles. The van der Waals surface area contributed by atoms with Crippen LogP contribution in [0.4, 0.5) is 0 Å². The highest BCUT2D eigenvalue weighted by Crippen LogP contribution is 2.52. The molecule has 0 bridgehead atoms. The summed E-state index contributed by atoms with van der Waals surface area (Å²) in [6.07, 6.45) is -0.212. The fourth-order valence-electron chi connectivity index (χ4n) is 4.08. The topological polar surface area (TPSA) is 74.6 Å². The number of carbonyl (C=O) groups excluding carboxylic acids is 2. The average Bonchev–Trinajstić information content (AvgIpc) is 3.17. The molecule has 0 unspecified atom stereocenters. The quantitative estimate of drug-likeness (QED) is 0.209. The summed E-state index contributed by atoms with van der Waals surface area (Å²) in [7, 11) is -3.64. The van der Waals surface area contributed by atoms with Crippen LogP contribution in [0, 0.1) is 0 Å². The smallest absolute Gasteiger partial charge is 0.309 e. The van der Waals surface area contributed by atoms with Gasteiger partial charge in [-0.2, -0.15) is 0 Å². The van der Waals surface area contributed by atoms with Gasteiger partial charge in [-0.15, -0.1) is 0 Å². The monoisotopic (exact) mass is 475 g/mol. The van der Waals surface area contributed by atoms with E-state index in [-0.39, 0.29) is 31.1 Å². The van der Waals surface area contributed by atoms with Crippen molar-refractivity contribution in [3.63, 3.8) is 0 Å². The van der Waals surface area contributed by atoms with Crippen LogP contribution >= 0.6 is 7.60 Å². The van der Waals surface area contributed by atoms with E-state index in [1.807, 2.05) is 24.3 Å². The number of rotatable bonds is 9. The fourth-order valence-corrected chi connectivity index (χ4v) is 5.79.